The second-order valence-corrected chi connectivity index (χ2v) is 7.76. The molecule has 0 bridgehead atoms. The van der Waals surface area contributed by atoms with E-state index in [1.54, 1.807) is 14.2 Å². The summed E-state index contributed by atoms with van der Waals surface area (Å²) < 4.78 is 10.8. The smallest absolute Gasteiger partial charge is 0.255 e. The number of carbonyl (C=O) groups excluding carboxylic acids is 1. The summed E-state index contributed by atoms with van der Waals surface area (Å²) in [4.78, 5) is 15.0. The lowest BCUT2D eigenvalue weighted by Crippen LogP contribution is -2.39. The lowest BCUT2D eigenvalue weighted by Gasteiger charge is -2.33. The van der Waals surface area contributed by atoms with E-state index in [-0.39, 0.29) is 12.0 Å². The van der Waals surface area contributed by atoms with Gasteiger partial charge in [-0.05, 0) is 72.5 Å². The zero-order valence-electron chi connectivity index (χ0n) is 18.0. The van der Waals surface area contributed by atoms with E-state index in [9.17, 15) is 4.79 Å². The second kappa shape index (κ2) is 9.67. The van der Waals surface area contributed by atoms with Crippen LogP contribution >= 0.6 is 0 Å². The second-order valence-electron chi connectivity index (χ2n) is 7.76. The molecule has 5 heteroatoms. The van der Waals surface area contributed by atoms with Crippen LogP contribution in [0.15, 0.2) is 72.8 Å². The number of nitrogens with one attached hydrogen (secondary N) is 1. The van der Waals surface area contributed by atoms with Crippen LogP contribution in [0, 0.1) is 0 Å². The van der Waals surface area contributed by atoms with Crippen molar-refractivity contribution in [3.05, 3.63) is 78.4 Å². The predicted octanol–water partition coefficient (Wildman–Crippen LogP) is 5.23. The van der Waals surface area contributed by atoms with Crippen LogP contribution in [-0.4, -0.2) is 39.3 Å². The number of rotatable bonds is 6. The molecule has 3 aromatic rings. The molecule has 0 saturated carbocycles. The molecule has 0 radical (unpaired) electrons. The van der Waals surface area contributed by atoms with Crippen molar-refractivity contribution in [1.82, 2.24) is 0 Å². The molecule has 1 fully saturated rings. The molecule has 3 aromatic carbocycles. The van der Waals surface area contributed by atoms with Crippen LogP contribution in [0.1, 0.15) is 23.2 Å². The summed E-state index contributed by atoms with van der Waals surface area (Å²) in [7, 11) is 3.43. The summed E-state index contributed by atoms with van der Waals surface area (Å²) >= 11 is 0. The maximum atomic E-state index is 12.7. The quantitative estimate of drug-likeness (QED) is 0.598. The van der Waals surface area contributed by atoms with Gasteiger partial charge in [-0.1, -0.05) is 24.3 Å². The number of benzene rings is 3. The van der Waals surface area contributed by atoms with Crippen LogP contribution in [-0.2, 0) is 4.74 Å². The van der Waals surface area contributed by atoms with E-state index in [4.69, 9.17) is 9.47 Å². The molecule has 1 heterocycles. The molecular formula is C26H28N2O3. The van der Waals surface area contributed by atoms with Crippen molar-refractivity contribution in [2.75, 3.05) is 37.5 Å². The van der Waals surface area contributed by atoms with Crippen LogP contribution in [0.2, 0.25) is 0 Å². The largest absolute Gasteiger partial charge is 0.497 e. The van der Waals surface area contributed by atoms with Gasteiger partial charge in [0.1, 0.15) is 5.75 Å². The Balaban J connectivity index is 1.40. The zero-order valence-corrected chi connectivity index (χ0v) is 18.0. The van der Waals surface area contributed by atoms with E-state index < -0.39 is 0 Å². The van der Waals surface area contributed by atoms with Crippen molar-refractivity contribution in [2.45, 2.75) is 18.9 Å². The molecule has 1 aliphatic heterocycles. The Morgan fingerprint density at radius 3 is 2.45 bits per heavy atom. The van der Waals surface area contributed by atoms with E-state index in [1.807, 2.05) is 60.7 Å². The topological polar surface area (TPSA) is 50.8 Å². The molecule has 4 rings (SSSR count). The summed E-state index contributed by atoms with van der Waals surface area (Å²) in [6.45, 7) is 1.94. The first-order valence-corrected chi connectivity index (χ1v) is 10.6. The van der Waals surface area contributed by atoms with Crippen molar-refractivity contribution >= 4 is 17.3 Å². The molecular weight excluding hydrogens is 388 g/mol. The minimum Gasteiger partial charge on any atom is -0.497 e. The number of hydrogen-bond acceptors (Lipinski definition) is 4. The van der Waals surface area contributed by atoms with Crippen molar-refractivity contribution in [3.8, 4) is 16.9 Å². The Kier molecular flexibility index (Phi) is 6.53. The van der Waals surface area contributed by atoms with Crippen LogP contribution < -0.4 is 15.0 Å². The van der Waals surface area contributed by atoms with E-state index in [0.29, 0.717) is 5.56 Å². The number of ether oxygens (including phenoxy) is 2. The molecule has 0 spiro atoms. The Morgan fingerprint density at radius 1 is 0.968 bits per heavy atom. The molecule has 1 N–H and O–H groups in total. The highest BCUT2D eigenvalue weighted by Gasteiger charge is 2.19. The zero-order chi connectivity index (χ0) is 21.6. The maximum absolute atomic E-state index is 12.7. The first-order chi connectivity index (χ1) is 15.2. The maximum Gasteiger partial charge on any atom is 0.255 e. The number of hydrogen-bond donors (Lipinski definition) is 1. The van der Waals surface area contributed by atoms with Gasteiger partial charge in [-0.3, -0.25) is 4.79 Å². The fraction of sp³-hybridized carbons (Fsp3) is 0.269. The van der Waals surface area contributed by atoms with Gasteiger partial charge < -0.3 is 19.7 Å². The molecule has 160 valence electrons. The van der Waals surface area contributed by atoms with Crippen LogP contribution in [0.25, 0.3) is 11.1 Å². The molecule has 1 unspecified atom stereocenters. The van der Waals surface area contributed by atoms with E-state index in [0.717, 1.165) is 54.2 Å². The Bertz CT molecular complexity index is 1020. The third-order valence-corrected chi connectivity index (χ3v) is 5.75. The van der Waals surface area contributed by atoms with Crippen molar-refractivity contribution in [1.29, 1.82) is 0 Å². The minimum atomic E-state index is -0.123. The van der Waals surface area contributed by atoms with Gasteiger partial charge in [-0.25, -0.2) is 0 Å². The highest BCUT2D eigenvalue weighted by molar-refractivity contribution is 6.04. The number of nitrogens with zero attached hydrogens (tertiary/aromatic N) is 1. The predicted molar refractivity (Wildman–Crippen MR) is 125 cm³/mol. The number of amides is 1. The summed E-state index contributed by atoms with van der Waals surface area (Å²) in [5.41, 5.74) is 4.65. The third-order valence-electron chi connectivity index (χ3n) is 5.75. The van der Waals surface area contributed by atoms with Gasteiger partial charge in [0.2, 0.25) is 0 Å². The Labute approximate surface area is 183 Å². The van der Waals surface area contributed by atoms with Gasteiger partial charge in [0.25, 0.3) is 5.91 Å². The van der Waals surface area contributed by atoms with Gasteiger partial charge in [0.15, 0.2) is 0 Å². The van der Waals surface area contributed by atoms with Gasteiger partial charge in [-0.2, -0.15) is 0 Å². The lowest BCUT2D eigenvalue weighted by molar-refractivity contribution is 0.0893. The number of methoxy groups -OCH3 is 2. The van der Waals surface area contributed by atoms with E-state index >= 15 is 0 Å². The fourth-order valence-electron chi connectivity index (χ4n) is 3.94. The standard InChI is InChI=1S/C26H28N2O3/c1-30-24-6-3-5-21(17-24)19-8-10-20(11-9-19)26(29)27-22-12-14-23(15-13-22)28-16-4-7-25(18-28)31-2/h3,5-6,8-15,17,25H,4,7,16,18H2,1-2H3,(H,27,29). The van der Waals surface area contributed by atoms with Crippen LogP contribution in [0.3, 0.4) is 0 Å². The summed E-state index contributed by atoms with van der Waals surface area (Å²) in [6.07, 6.45) is 2.52. The highest BCUT2D eigenvalue weighted by Crippen LogP contribution is 2.25. The Hall–Kier alpha value is -3.31. The number of anilines is 2. The number of piperidine rings is 1. The molecule has 31 heavy (non-hydrogen) atoms. The third kappa shape index (κ3) is 5.06. The molecule has 1 saturated heterocycles. The van der Waals surface area contributed by atoms with E-state index in [2.05, 4.69) is 22.3 Å². The fourth-order valence-corrected chi connectivity index (χ4v) is 3.94. The Morgan fingerprint density at radius 2 is 1.74 bits per heavy atom. The summed E-state index contributed by atoms with van der Waals surface area (Å²) in [5.74, 6) is 0.687. The van der Waals surface area contributed by atoms with Crippen molar-refractivity contribution in [2.24, 2.45) is 0 Å². The van der Waals surface area contributed by atoms with E-state index in [1.165, 1.54) is 0 Å². The SMILES string of the molecule is COc1cccc(-c2ccc(C(=O)Nc3ccc(N4CCCC(OC)C4)cc3)cc2)c1. The van der Waals surface area contributed by atoms with Gasteiger partial charge >= 0.3 is 0 Å². The van der Waals surface area contributed by atoms with Gasteiger partial charge in [0, 0.05) is 37.1 Å². The lowest BCUT2D eigenvalue weighted by atomic mass is 10.0. The molecule has 1 amide bonds. The van der Waals surface area contributed by atoms with Gasteiger partial charge in [-0.15, -0.1) is 0 Å². The molecule has 0 aromatic heterocycles. The molecule has 1 atom stereocenters. The average molecular weight is 417 g/mol. The van der Waals surface area contributed by atoms with Gasteiger partial charge in [0.05, 0.1) is 13.2 Å². The van der Waals surface area contributed by atoms with Crippen molar-refractivity contribution in [3.63, 3.8) is 0 Å². The van der Waals surface area contributed by atoms with Crippen LogP contribution in [0.4, 0.5) is 11.4 Å². The van der Waals surface area contributed by atoms with Crippen LogP contribution in [0.5, 0.6) is 5.75 Å². The monoisotopic (exact) mass is 416 g/mol. The first kappa shape index (κ1) is 20.9. The summed E-state index contributed by atoms with van der Waals surface area (Å²) in [5, 5.41) is 2.98. The average Bonchev–Trinajstić information content (AvgIpc) is 2.84. The van der Waals surface area contributed by atoms with Crippen molar-refractivity contribution < 1.29 is 14.3 Å². The normalized spacial score (nSPS) is 16.1. The number of carbonyl (C=O) groups is 1. The first-order valence-electron chi connectivity index (χ1n) is 10.6. The molecule has 1 aliphatic rings. The highest BCUT2D eigenvalue weighted by atomic mass is 16.5. The minimum absolute atomic E-state index is 0.123. The summed E-state index contributed by atoms with van der Waals surface area (Å²) in [6, 6.07) is 23.5. The molecule has 0 aliphatic carbocycles. The molecule has 5 nitrogen and oxygen atoms in total.